The normalized spacial score (nSPS) is 24.4. The second kappa shape index (κ2) is 11.0. The number of aliphatic hydroxyl groups is 2. The first kappa shape index (κ1) is 26.6. The zero-order valence-corrected chi connectivity index (χ0v) is 21.0. The molecule has 0 bridgehead atoms. The van der Waals surface area contributed by atoms with Gasteiger partial charge in [0.25, 0.3) is 11.8 Å². The molecule has 3 aliphatic heterocycles. The van der Waals surface area contributed by atoms with Crippen LogP contribution in [0.3, 0.4) is 0 Å². The van der Waals surface area contributed by atoms with Crippen LogP contribution < -0.4 is 16.0 Å². The Balaban J connectivity index is 1.21. The second-order valence-corrected chi connectivity index (χ2v) is 10.2. The third kappa shape index (κ3) is 5.57. The van der Waals surface area contributed by atoms with Gasteiger partial charge >= 0.3 is 5.92 Å². The van der Waals surface area contributed by atoms with Crippen LogP contribution in [0, 0.1) is 0 Å². The molecule has 2 saturated heterocycles. The molecule has 3 atom stereocenters. The molecule has 204 valence electrons. The molecule has 0 spiro atoms. The van der Waals surface area contributed by atoms with Gasteiger partial charge in [0, 0.05) is 56.9 Å². The van der Waals surface area contributed by atoms with Gasteiger partial charge in [-0.1, -0.05) is 30.3 Å². The van der Waals surface area contributed by atoms with Crippen molar-refractivity contribution in [1.82, 2.24) is 25.8 Å². The van der Waals surface area contributed by atoms with Crippen LogP contribution in [0.15, 0.2) is 42.5 Å². The average Bonchev–Trinajstić information content (AvgIpc) is 3.23. The molecule has 0 aromatic heterocycles. The molecule has 11 heteroatoms. The van der Waals surface area contributed by atoms with Crippen molar-refractivity contribution >= 4 is 11.8 Å². The van der Waals surface area contributed by atoms with Crippen molar-refractivity contribution in [2.24, 2.45) is 0 Å². The molecular formula is C27H33F2N5O4. The van der Waals surface area contributed by atoms with E-state index >= 15 is 8.78 Å². The van der Waals surface area contributed by atoms with Gasteiger partial charge in [-0.05, 0) is 41.7 Å². The van der Waals surface area contributed by atoms with E-state index in [9.17, 15) is 19.8 Å². The van der Waals surface area contributed by atoms with E-state index in [-0.39, 0.29) is 24.6 Å². The summed E-state index contributed by atoms with van der Waals surface area (Å²) in [5.74, 6) is -5.31. The predicted octanol–water partition coefficient (Wildman–Crippen LogP) is 0.845. The molecule has 9 nitrogen and oxygen atoms in total. The Morgan fingerprint density at radius 1 is 1.08 bits per heavy atom. The Kier molecular flexibility index (Phi) is 7.73. The van der Waals surface area contributed by atoms with E-state index in [4.69, 9.17) is 0 Å². The van der Waals surface area contributed by atoms with Gasteiger partial charge in [0.15, 0.2) is 0 Å². The van der Waals surface area contributed by atoms with Crippen molar-refractivity contribution in [3.63, 3.8) is 0 Å². The number of fused-ring (bicyclic) bond motifs is 1. The highest BCUT2D eigenvalue weighted by molar-refractivity contribution is 5.98. The molecule has 0 aliphatic carbocycles. The molecule has 2 fully saturated rings. The largest absolute Gasteiger partial charge is 0.379 e. The highest BCUT2D eigenvalue weighted by atomic mass is 19.3. The fourth-order valence-corrected chi connectivity index (χ4v) is 5.40. The molecule has 3 unspecified atom stereocenters. The fraction of sp³-hybridized carbons (Fsp3) is 0.481. The van der Waals surface area contributed by atoms with E-state index < -0.39 is 30.3 Å². The lowest BCUT2D eigenvalue weighted by Gasteiger charge is -2.37. The van der Waals surface area contributed by atoms with E-state index in [1.54, 1.807) is 35.2 Å². The second-order valence-electron chi connectivity index (χ2n) is 10.2. The number of halogens is 2. The standard InChI is InChI=1S/C27H33F2N5O4/c28-27(29,20-3-1-2-18(13-20)15-33-10-8-30-9-11-33)26(38)31-14-17-4-5-21-19(12-17)16-34(25(21)37)22-6-7-23(35)32-24(22)36/h1-5,12-13,22-24,30,32,35-36H,6-11,14-16H2,(H,31,38). The highest BCUT2D eigenvalue weighted by Gasteiger charge is 2.41. The summed E-state index contributed by atoms with van der Waals surface area (Å²) in [4.78, 5) is 29.2. The number of amides is 2. The van der Waals surface area contributed by atoms with Gasteiger partial charge in [-0.2, -0.15) is 8.78 Å². The van der Waals surface area contributed by atoms with Crippen LogP contribution in [-0.4, -0.2) is 76.5 Å². The lowest BCUT2D eigenvalue weighted by atomic mass is 10.0. The molecule has 0 radical (unpaired) electrons. The number of hydrogen-bond donors (Lipinski definition) is 5. The first-order chi connectivity index (χ1) is 18.2. The zero-order chi connectivity index (χ0) is 26.9. The molecule has 38 heavy (non-hydrogen) atoms. The van der Waals surface area contributed by atoms with Crippen molar-refractivity contribution in [1.29, 1.82) is 0 Å². The number of carbonyl (C=O) groups is 2. The highest BCUT2D eigenvalue weighted by Crippen LogP contribution is 2.31. The van der Waals surface area contributed by atoms with Gasteiger partial charge in [-0.25, -0.2) is 0 Å². The maximum Gasteiger partial charge on any atom is 0.349 e. The number of aliphatic hydroxyl groups excluding tert-OH is 2. The van der Waals surface area contributed by atoms with Crippen molar-refractivity contribution < 1.29 is 28.6 Å². The third-order valence-electron chi connectivity index (χ3n) is 7.51. The summed E-state index contributed by atoms with van der Waals surface area (Å²) in [6, 6.07) is 10.5. The minimum Gasteiger partial charge on any atom is -0.379 e. The maximum absolute atomic E-state index is 15.1. The third-order valence-corrected chi connectivity index (χ3v) is 7.51. The van der Waals surface area contributed by atoms with Crippen LogP contribution in [0.2, 0.25) is 0 Å². The molecule has 2 aromatic rings. The molecule has 5 N–H and O–H groups in total. The Morgan fingerprint density at radius 2 is 1.87 bits per heavy atom. The minimum atomic E-state index is -3.70. The summed E-state index contributed by atoms with van der Waals surface area (Å²) in [6.07, 6.45) is -1.01. The molecule has 5 rings (SSSR count). The van der Waals surface area contributed by atoms with Crippen LogP contribution in [0.25, 0.3) is 0 Å². The van der Waals surface area contributed by atoms with E-state index in [0.29, 0.717) is 36.1 Å². The van der Waals surface area contributed by atoms with Crippen LogP contribution >= 0.6 is 0 Å². The lowest BCUT2D eigenvalue weighted by molar-refractivity contribution is -0.147. The predicted molar refractivity (Wildman–Crippen MR) is 135 cm³/mol. The number of alkyl halides is 2. The van der Waals surface area contributed by atoms with Crippen LogP contribution in [0.5, 0.6) is 0 Å². The number of piperazine rings is 1. The number of benzene rings is 2. The van der Waals surface area contributed by atoms with Crippen LogP contribution in [0.1, 0.15) is 45.5 Å². The van der Waals surface area contributed by atoms with Gasteiger partial charge in [0.2, 0.25) is 0 Å². The summed E-state index contributed by atoms with van der Waals surface area (Å²) in [6.45, 7) is 4.08. The number of carbonyl (C=O) groups excluding carboxylic acids is 2. The van der Waals surface area contributed by atoms with Gasteiger partial charge in [-0.15, -0.1) is 0 Å². The van der Waals surface area contributed by atoms with Gasteiger partial charge in [0.1, 0.15) is 12.5 Å². The van der Waals surface area contributed by atoms with Crippen LogP contribution in [0.4, 0.5) is 8.78 Å². The van der Waals surface area contributed by atoms with Crippen LogP contribution in [-0.2, 0) is 30.4 Å². The summed E-state index contributed by atoms with van der Waals surface area (Å²) in [7, 11) is 0. The van der Waals surface area contributed by atoms with Crippen molar-refractivity contribution in [3.8, 4) is 0 Å². The Morgan fingerprint density at radius 3 is 2.63 bits per heavy atom. The average molecular weight is 530 g/mol. The molecule has 2 amide bonds. The molecule has 2 aromatic carbocycles. The topological polar surface area (TPSA) is 117 Å². The number of hydrogen-bond acceptors (Lipinski definition) is 7. The van der Waals surface area contributed by atoms with Crippen molar-refractivity contribution in [3.05, 3.63) is 70.3 Å². The van der Waals surface area contributed by atoms with E-state index in [1.165, 1.54) is 12.1 Å². The summed E-state index contributed by atoms with van der Waals surface area (Å²) >= 11 is 0. The monoisotopic (exact) mass is 529 g/mol. The SMILES string of the molecule is O=C1c2ccc(CNC(=O)C(F)(F)c3cccc(CN4CCNCC4)c3)cc2CN1C1CCC(O)NC1O. The van der Waals surface area contributed by atoms with E-state index in [1.807, 2.05) is 0 Å². The summed E-state index contributed by atoms with van der Waals surface area (Å²) in [5.41, 5.74) is 2.16. The van der Waals surface area contributed by atoms with Gasteiger partial charge < -0.3 is 25.7 Å². The molecular weight excluding hydrogens is 496 g/mol. The first-order valence-electron chi connectivity index (χ1n) is 13.0. The first-order valence-corrected chi connectivity index (χ1v) is 13.0. The van der Waals surface area contributed by atoms with Gasteiger partial charge in [0.05, 0.1) is 6.04 Å². The Labute approximate surface area is 219 Å². The molecule has 3 aliphatic rings. The number of piperidine rings is 1. The maximum atomic E-state index is 15.1. The van der Waals surface area contributed by atoms with Crippen molar-refractivity contribution in [2.75, 3.05) is 26.2 Å². The molecule has 0 saturated carbocycles. The quantitative estimate of drug-likeness (QED) is 0.361. The van der Waals surface area contributed by atoms with E-state index in [0.717, 1.165) is 31.7 Å². The molecule has 3 heterocycles. The fourth-order valence-electron chi connectivity index (χ4n) is 5.40. The Hall–Kier alpha value is -2.96. The number of nitrogens with one attached hydrogen (secondary N) is 3. The summed E-state index contributed by atoms with van der Waals surface area (Å²) in [5, 5.41) is 28.2. The summed E-state index contributed by atoms with van der Waals surface area (Å²) < 4.78 is 30.1. The Bertz CT molecular complexity index is 1190. The lowest BCUT2D eigenvalue weighted by Crippen LogP contribution is -2.56. The zero-order valence-electron chi connectivity index (χ0n) is 21.0. The number of nitrogens with zero attached hydrogens (tertiary/aromatic N) is 2. The number of rotatable bonds is 7. The van der Waals surface area contributed by atoms with Gasteiger partial charge in [-0.3, -0.25) is 19.8 Å². The minimum absolute atomic E-state index is 0.115. The van der Waals surface area contributed by atoms with Crippen molar-refractivity contribution in [2.45, 2.75) is 56.9 Å². The smallest absolute Gasteiger partial charge is 0.349 e. The van der Waals surface area contributed by atoms with E-state index in [2.05, 4.69) is 20.9 Å².